The number of unbranched alkanes of at least 4 members (excludes halogenated alkanes) is 12. The molecule has 2 N–H and O–H groups in total. The van der Waals surface area contributed by atoms with Crippen LogP contribution in [-0.4, -0.2) is 19.0 Å². The zero-order valence-corrected chi connectivity index (χ0v) is 14.4. The molecule has 130 valence electrons. The van der Waals surface area contributed by atoms with Crippen LogP contribution in [0.1, 0.15) is 96.3 Å². The summed E-state index contributed by atoms with van der Waals surface area (Å²) >= 11 is 0. The maximum absolute atomic E-state index is 10.9. The summed E-state index contributed by atoms with van der Waals surface area (Å²) in [6, 6.07) is 0. The Morgan fingerprint density at radius 2 is 0.955 bits per heavy atom. The molecule has 0 bridgehead atoms. The molecule has 0 aliphatic heterocycles. The van der Waals surface area contributed by atoms with E-state index in [4.69, 9.17) is 5.73 Å². The van der Waals surface area contributed by atoms with Crippen molar-refractivity contribution in [3.05, 3.63) is 0 Å². The van der Waals surface area contributed by atoms with Crippen LogP contribution >= 0.6 is 0 Å². The Hall–Kier alpha value is -1.06. The largest absolute Gasteiger partial charge is 0.469 e. The van der Waals surface area contributed by atoms with E-state index in [9.17, 15) is 9.59 Å². The molecular weight excluding hydrogens is 278 g/mol. The van der Waals surface area contributed by atoms with Crippen LogP contribution < -0.4 is 5.73 Å². The molecule has 0 aromatic heterocycles. The Morgan fingerprint density at radius 1 is 0.636 bits per heavy atom. The van der Waals surface area contributed by atoms with E-state index in [0.717, 1.165) is 25.7 Å². The Labute approximate surface area is 136 Å². The van der Waals surface area contributed by atoms with Crippen molar-refractivity contribution >= 4 is 11.9 Å². The lowest BCUT2D eigenvalue weighted by molar-refractivity contribution is -0.140. The minimum Gasteiger partial charge on any atom is -0.469 e. The molecule has 0 aliphatic rings. The van der Waals surface area contributed by atoms with Crippen molar-refractivity contribution < 1.29 is 14.3 Å². The Morgan fingerprint density at radius 3 is 1.27 bits per heavy atom. The van der Waals surface area contributed by atoms with Gasteiger partial charge in [0.2, 0.25) is 5.91 Å². The number of amides is 1. The number of primary amides is 1. The predicted octanol–water partition coefficient (Wildman–Crippen LogP) is 4.50. The Balaban J connectivity index is 3.02. The van der Waals surface area contributed by atoms with Gasteiger partial charge in [-0.25, -0.2) is 0 Å². The molecule has 0 unspecified atom stereocenters. The molecule has 0 spiro atoms. The number of ether oxygens (including phenoxy) is 1. The zero-order valence-electron chi connectivity index (χ0n) is 14.4. The molecule has 4 nitrogen and oxygen atoms in total. The maximum Gasteiger partial charge on any atom is 0.305 e. The van der Waals surface area contributed by atoms with E-state index < -0.39 is 0 Å². The van der Waals surface area contributed by atoms with Gasteiger partial charge in [0.25, 0.3) is 0 Å². The number of rotatable bonds is 16. The molecule has 0 saturated heterocycles. The third-order valence-electron chi connectivity index (χ3n) is 4.03. The molecule has 0 rings (SSSR count). The topological polar surface area (TPSA) is 69.4 Å². The lowest BCUT2D eigenvalue weighted by Gasteiger charge is -2.03. The van der Waals surface area contributed by atoms with Crippen LogP contribution in [0.2, 0.25) is 0 Å². The van der Waals surface area contributed by atoms with Crippen molar-refractivity contribution in [2.45, 2.75) is 96.3 Å². The fraction of sp³-hybridized carbons (Fsp3) is 0.889. The zero-order chi connectivity index (χ0) is 16.5. The maximum atomic E-state index is 10.9. The highest BCUT2D eigenvalue weighted by Crippen LogP contribution is 2.13. The summed E-state index contributed by atoms with van der Waals surface area (Å²) in [7, 11) is 1.45. The molecule has 0 aromatic carbocycles. The average Bonchev–Trinajstić information content (AvgIpc) is 2.50. The first-order chi connectivity index (χ1) is 10.7. The molecule has 4 heteroatoms. The van der Waals surface area contributed by atoms with Crippen LogP contribution in [0.4, 0.5) is 0 Å². The molecule has 0 radical (unpaired) electrons. The van der Waals surface area contributed by atoms with Gasteiger partial charge in [0.15, 0.2) is 0 Å². The summed E-state index contributed by atoms with van der Waals surface area (Å²) in [5.74, 6) is -0.264. The van der Waals surface area contributed by atoms with Gasteiger partial charge in [-0.1, -0.05) is 70.6 Å². The van der Waals surface area contributed by atoms with Gasteiger partial charge in [0.05, 0.1) is 7.11 Å². The fourth-order valence-electron chi connectivity index (χ4n) is 2.62. The number of hydrogen-bond acceptors (Lipinski definition) is 3. The van der Waals surface area contributed by atoms with E-state index >= 15 is 0 Å². The first-order valence-electron chi connectivity index (χ1n) is 9.02. The lowest BCUT2D eigenvalue weighted by atomic mass is 10.0. The first kappa shape index (κ1) is 20.9. The molecule has 1 amide bonds. The van der Waals surface area contributed by atoms with Gasteiger partial charge in [-0.15, -0.1) is 0 Å². The normalized spacial score (nSPS) is 10.6. The van der Waals surface area contributed by atoms with Gasteiger partial charge in [-0.05, 0) is 12.8 Å². The van der Waals surface area contributed by atoms with Gasteiger partial charge < -0.3 is 10.5 Å². The highest BCUT2D eigenvalue weighted by Gasteiger charge is 1.99. The van der Waals surface area contributed by atoms with Crippen molar-refractivity contribution in [3.8, 4) is 0 Å². The van der Waals surface area contributed by atoms with E-state index in [0.29, 0.717) is 12.8 Å². The van der Waals surface area contributed by atoms with Crippen molar-refractivity contribution in [1.82, 2.24) is 0 Å². The van der Waals surface area contributed by atoms with E-state index in [1.807, 2.05) is 0 Å². The standard InChI is InChI=1S/C18H35NO3/c1-22-18(21)16-14-12-10-8-6-4-2-3-5-7-9-11-13-15-17(19)20/h2-16H2,1H3,(H2,19,20). The average molecular weight is 313 g/mol. The highest BCUT2D eigenvalue weighted by molar-refractivity contribution is 5.73. The van der Waals surface area contributed by atoms with E-state index in [-0.39, 0.29) is 11.9 Å². The number of methoxy groups -OCH3 is 1. The molecular formula is C18H35NO3. The SMILES string of the molecule is COC(=O)CCCCCCCCCCCCCCCC(N)=O. The van der Waals surface area contributed by atoms with Gasteiger partial charge in [0.1, 0.15) is 0 Å². The number of hydrogen-bond donors (Lipinski definition) is 1. The fourth-order valence-corrected chi connectivity index (χ4v) is 2.62. The summed E-state index contributed by atoms with van der Waals surface area (Å²) < 4.78 is 4.61. The minimum absolute atomic E-state index is 0.0883. The number of esters is 1. The molecule has 0 atom stereocenters. The van der Waals surface area contributed by atoms with Crippen molar-refractivity contribution in [2.75, 3.05) is 7.11 Å². The van der Waals surface area contributed by atoms with Gasteiger partial charge in [-0.2, -0.15) is 0 Å². The molecule has 0 aliphatic carbocycles. The highest BCUT2D eigenvalue weighted by atomic mass is 16.5. The Kier molecular flexibility index (Phi) is 15.5. The third kappa shape index (κ3) is 17.0. The Bertz CT molecular complexity index is 280. The van der Waals surface area contributed by atoms with Gasteiger partial charge >= 0.3 is 5.97 Å². The van der Waals surface area contributed by atoms with Crippen LogP contribution in [-0.2, 0) is 14.3 Å². The van der Waals surface area contributed by atoms with Crippen LogP contribution in [0, 0.1) is 0 Å². The molecule has 0 heterocycles. The van der Waals surface area contributed by atoms with Gasteiger partial charge in [-0.3, -0.25) is 9.59 Å². The summed E-state index contributed by atoms with van der Waals surface area (Å²) in [5.41, 5.74) is 5.10. The predicted molar refractivity (Wildman–Crippen MR) is 90.5 cm³/mol. The first-order valence-corrected chi connectivity index (χ1v) is 9.02. The molecule has 0 saturated carbocycles. The summed E-state index contributed by atoms with van der Waals surface area (Å²) in [5, 5.41) is 0. The van der Waals surface area contributed by atoms with Crippen molar-refractivity contribution in [2.24, 2.45) is 5.73 Å². The van der Waals surface area contributed by atoms with Crippen LogP contribution in [0.15, 0.2) is 0 Å². The summed E-state index contributed by atoms with van der Waals surface area (Å²) in [6.07, 6.45) is 17.0. The number of carbonyl (C=O) groups is 2. The van der Waals surface area contributed by atoms with E-state index in [1.54, 1.807) is 0 Å². The monoisotopic (exact) mass is 313 g/mol. The van der Waals surface area contributed by atoms with E-state index in [1.165, 1.54) is 64.9 Å². The van der Waals surface area contributed by atoms with Crippen molar-refractivity contribution in [1.29, 1.82) is 0 Å². The van der Waals surface area contributed by atoms with E-state index in [2.05, 4.69) is 4.74 Å². The molecule has 0 fully saturated rings. The van der Waals surface area contributed by atoms with Crippen LogP contribution in [0.5, 0.6) is 0 Å². The van der Waals surface area contributed by atoms with Crippen LogP contribution in [0.3, 0.4) is 0 Å². The number of nitrogens with two attached hydrogens (primary N) is 1. The summed E-state index contributed by atoms with van der Waals surface area (Å²) in [4.78, 5) is 21.5. The lowest BCUT2D eigenvalue weighted by Crippen LogP contribution is -2.09. The minimum atomic E-state index is -0.176. The number of carbonyl (C=O) groups excluding carboxylic acids is 2. The second-order valence-electron chi connectivity index (χ2n) is 6.14. The van der Waals surface area contributed by atoms with Crippen molar-refractivity contribution in [3.63, 3.8) is 0 Å². The quantitative estimate of drug-likeness (QED) is 0.337. The third-order valence-corrected chi connectivity index (χ3v) is 4.03. The molecule has 0 aromatic rings. The second-order valence-corrected chi connectivity index (χ2v) is 6.14. The second kappa shape index (κ2) is 16.3. The van der Waals surface area contributed by atoms with Gasteiger partial charge in [0, 0.05) is 12.8 Å². The smallest absolute Gasteiger partial charge is 0.305 e. The van der Waals surface area contributed by atoms with Crippen LogP contribution in [0.25, 0.3) is 0 Å². The molecule has 22 heavy (non-hydrogen) atoms. The summed E-state index contributed by atoms with van der Waals surface area (Å²) in [6.45, 7) is 0.